The Labute approximate surface area is 121 Å². The number of halogens is 3. The van der Waals surface area contributed by atoms with Crippen LogP contribution in [-0.2, 0) is 0 Å². The Bertz CT molecular complexity index is 628. The molecular weight excluding hydrogens is 365 g/mol. The van der Waals surface area contributed by atoms with Crippen LogP contribution >= 0.6 is 31.9 Å². The van der Waals surface area contributed by atoms with E-state index in [1.54, 1.807) is 19.1 Å². The average Bonchev–Trinajstić information content (AvgIpc) is 2.31. The van der Waals surface area contributed by atoms with Crippen LogP contribution in [0.4, 0.5) is 4.39 Å². The largest absolute Gasteiger partial charge is 0.287 e. The first-order valence-electron chi connectivity index (χ1n) is 5.11. The van der Waals surface area contributed by atoms with Gasteiger partial charge in [-0.1, -0.05) is 11.6 Å². The molecule has 1 aromatic carbocycles. The van der Waals surface area contributed by atoms with Gasteiger partial charge in [-0.15, -0.1) is 0 Å². The van der Waals surface area contributed by atoms with Crippen molar-refractivity contribution in [3.8, 4) is 0 Å². The van der Waals surface area contributed by atoms with Crippen LogP contribution in [-0.4, -0.2) is 10.8 Å². The Morgan fingerprint density at radius 2 is 2.00 bits per heavy atom. The Morgan fingerprint density at radius 3 is 2.67 bits per heavy atom. The minimum atomic E-state index is -0.540. The van der Waals surface area contributed by atoms with Gasteiger partial charge in [0.05, 0.1) is 5.56 Å². The average molecular weight is 373 g/mol. The fraction of sp³-hybridized carbons (Fsp3) is 0.0769. The van der Waals surface area contributed by atoms with Crippen LogP contribution in [0.3, 0.4) is 0 Å². The van der Waals surface area contributed by atoms with Crippen LogP contribution in [0.25, 0.3) is 0 Å². The first kappa shape index (κ1) is 13.4. The third kappa shape index (κ3) is 2.67. The number of rotatable bonds is 2. The van der Waals surface area contributed by atoms with E-state index in [1.165, 1.54) is 18.3 Å². The van der Waals surface area contributed by atoms with Crippen molar-refractivity contribution < 1.29 is 9.18 Å². The first-order valence-corrected chi connectivity index (χ1v) is 6.69. The number of pyridine rings is 1. The molecule has 0 amide bonds. The molecule has 0 saturated carbocycles. The number of aromatic nitrogens is 1. The molecule has 0 atom stereocenters. The molecule has 92 valence electrons. The van der Waals surface area contributed by atoms with E-state index >= 15 is 0 Å². The van der Waals surface area contributed by atoms with Crippen molar-refractivity contribution in [2.24, 2.45) is 0 Å². The fourth-order valence-electron chi connectivity index (χ4n) is 1.52. The van der Waals surface area contributed by atoms with Crippen molar-refractivity contribution in [2.75, 3.05) is 0 Å². The predicted molar refractivity (Wildman–Crippen MR) is 74.2 cm³/mol. The molecule has 2 rings (SSSR count). The minimum absolute atomic E-state index is 0.0329. The summed E-state index contributed by atoms with van der Waals surface area (Å²) in [6.45, 7) is 1.81. The van der Waals surface area contributed by atoms with Gasteiger partial charge in [0.15, 0.2) is 0 Å². The Kier molecular flexibility index (Phi) is 3.92. The molecule has 0 N–H and O–H groups in total. The number of hydrogen-bond acceptors (Lipinski definition) is 2. The summed E-state index contributed by atoms with van der Waals surface area (Å²) in [5.74, 6) is -0.974. The van der Waals surface area contributed by atoms with Gasteiger partial charge in [0, 0.05) is 15.1 Å². The van der Waals surface area contributed by atoms with E-state index in [1.807, 2.05) is 0 Å². The maximum absolute atomic E-state index is 13.6. The van der Waals surface area contributed by atoms with E-state index in [2.05, 4.69) is 36.8 Å². The van der Waals surface area contributed by atoms with Crippen molar-refractivity contribution in [2.45, 2.75) is 6.92 Å². The topological polar surface area (TPSA) is 30.0 Å². The molecule has 2 nitrogen and oxygen atoms in total. The highest BCUT2D eigenvalue weighted by Crippen LogP contribution is 2.23. The van der Waals surface area contributed by atoms with E-state index in [0.717, 1.165) is 10.0 Å². The zero-order valence-corrected chi connectivity index (χ0v) is 12.5. The Morgan fingerprint density at radius 1 is 1.28 bits per heavy atom. The van der Waals surface area contributed by atoms with Crippen molar-refractivity contribution in [1.82, 2.24) is 4.98 Å². The van der Waals surface area contributed by atoms with Gasteiger partial charge in [-0.3, -0.25) is 9.78 Å². The maximum Gasteiger partial charge on any atom is 0.215 e. The van der Waals surface area contributed by atoms with Gasteiger partial charge >= 0.3 is 0 Å². The van der Waals surface area contributed by atoms with E-state index in [4.69, 9.17) is 0 Å². The molecular formula is C13H8Br2FNO. The highest BCUT2D eigenvalue weighted by molar-refractivity contribution is 9.11. The smallest absolute Gasteiger partial charge is 0.215 e. The lowest BCUT2D eigenvalue weighted by Gasteiger charge is -2.05. The molecule has 0 bridgehead atoms. The SMILES string of the molecule is Cc1ccc(F)c(C(=O)c2ncc(Br)cc2Br)c1. The second-order valence-electron chi connectivity index (χ2n) is 3.80. The van der Waals surface area contributed by atoms with E-state index in [0.29, 0.717) is 4.47 Å². The zero-order valence-electron chi connectivity index (χ0n) is 9.38. The molecule has 1 heterocycles. The lowest BCUT2D eigenvalue weighted by atomic mass is 10.0. The molecule has 2 aromatic rings. The summed E-state index contributed by atoms with van der Waals surface area (Å²) in [7, 11) is 0. The van der Waals surface area contributed by atoms with Gasteiger partial charge in [-0.05, 0) is 57.0 Å². The third-order valence-corrected chi connectivity index (χ3v) is 3.43. The molecule has 1 aromatic heterocycles. The van der Waals surface area contributed by atoms with Gasteiger partial charge in [-0.2, -0.15) is 0 Å². The van der Waals surface area contributed by atoms with Crippen LogP contribution in [0.1, 0.15) is 21.6 Å². The lowest BCUT2D eigenvalue weighted by molar-refractivity contribution is 0.102. The second kappa shape index (κ2) is 5.28. The van der Waals surface area contributed by atoms with Crippen LogP contribution < -0.4 is 0 Å². The summed E-state index contributed by atoms with van der Waals surface area (Å²) >= 11 is 6.50. The maximum atomic E-state index is 13.6. The minimum Gasteiger partial charge on any atom is -0.287 e. The second-order valence-corrected chi connectivity index (χ2v) is 5.57. The standard InChI is InChI=1S/C13H8Br2FNO/c1-7-2-3-11(16)9(4-7)13(18)12-10(15)5-8(14)6-17-12/h2-6H,1H3. The number of ketones is 1. The van der Waals surface area contributed by atoms with Gasteiger partial charge < -0.3 is 0 Å². The van der Waals surface area contributed by atoms with Crippen molar-refractivity contribution >= 4 is 37.6 Å². The predicted octanol–water partition coefficient (Wildman–Crippen LogP) is 4.29. The van der Waals surface area contributed by atoms with Crippen LogP contribution in [0.15, 0.2) is 39.4 Å². The van der Waals surface area contributed by atoms with Crippen LogP contribution in [0, 0.1) is 12.7 Å². The molecule has 0 spiro atoms. The molecule has 0 saturated heterocycles. The van der Waals surface area contributed by atoms with Gasteiger partial charge in [0.1, 0.15) is 11.5 Å². The summed E-state index contributed by atoms with van der Waals surface area (Å²) in [5, 5.41) is 0. The molecule has 18 heavy (non-hydrogen) atoms. The van der Waals surface area contributed by atoms with E-state index in [9.17, 15) is 9.18 Å². The van der Waals surface area contributed by atoms with Gasteiger partial charge in [-0.25, -0.2) is 4.39 Å². The number of benzene rings is 1. The third-order valence-electron chi connectivity index (χ3n) is 2.39. The molecule has 5 heteroatoms. The van der Waals surface area contributed by atoms with E-state index < -0.39 is 11.6 Å². The van der Waals surface area contributed by atoms with Gasteiger partial charge in [0.2, 0.25) is 5.78 Å². The zero-order chi connectivity index (χ0) is 13.3. The first-order chi connectivity index (χ1) is 8.49. The summed E-state index contributed by atoms with van der Waals surface area (Å²) < 4.78 is 14.9. The number of aryl methyl sites for hydroxylation is 1. The highest BCUT2D eigenvalue weighted by Gasteiger charge is 2.18. The highest BCUT2D eigenvalue weighted by atomic mass is 79.9. The van der Waals surface area contributed by atoms with Crippen molar-refractivity contribution in [3.05, 3.63) is 62.0 Å². The summed E-state index contributed by atoms with van der Waals surface area (Å²) in [4.78, 5) is 16.2. The molecule has 0 radical (unpaired) electrons. The summed E-state index contributed by atoms with van der Waals surface area (Å²) in [6.07, 6.45) is 1.51. The summed E-state index contributed by atoms with van der Waals surface area (Å²) in [5.41, 5.74) is 1.06. The van der Waals surface area contributed by atoms with Gasteiger partial charge in [0.25, 0.3) is 0 Å². The normalized spacial score (nSPS) is 10.4. The van der Waals surface area contributed by atoms with Crippen molar-refractivity contribution in [3.63, 3.8) is 0 Å². The number of nitrogens with zero attached hydrogens (tertiary/aromatic N) is 1. The lowest BCUT2D eigenvalue weighted by Crippen LogP contribution is -2.08. The fourth-order valence-corrected chi connectivity index (χ4v) is 2.69. The molecule has 0 aliphatic heterocycles. The van der Waals surface area contributed by atoms with Crippen molar-refractivity contribution in [1.29, 1.82) is 0 Å². The van der Waals surface area contributed by atoms with E-state index in [-0.39, 0.29) is 11.3 Å². The number of carbonyl (C=O) groups is 1. The number of hydrogen-bond donors (Lipinski definition) is 0. The Hall–Kier alpha value is -1.07. The summed E-state index contributed by atoms with van der Waals surface area (Å²) in [6, 6.07) is 6.13. The quantitative estimate of drug-likeness (QED) is 0.736. The van der Waals surface area contributed by atoms with Crippen LogP contribution in [0.2, 0.25) is 0 Å². The molecule has 0 aliphatic carbocycles. The molecule has 0 fully saturated rings. The molecule has 0 unspecified atom stereocenters. The Balaban J connectivity index is 2.51. The molecule has 0 aliphatic rings. The monoisotopic (exact) mass is 371 g/mol. The van der Waals surface area contributed by atoms with Crippen LogP contribution in [0.5, 0.6) is 0 Å². The number of carbonyl (C=O) groups excluding carboxylic acids is 1.